The van der Waals surface area contributed by atoms with E-state index in [1.807, 2.05) is 0 Å². The summed E-state index contributed by atoms with van der Waals surface area (Å²) >= 11 is 0. The predicted molar refractivity (Wildman–Crippen MR) is 95.0 cm³/mol. The summed E-state index contributed by atoms with van der Waals surface area (Å²) in [5.74, 6) is -2.44. The van der Waals surface area contributed by atoms with Gasteiger partial charge in [0.05, 0.1) is 23.4 Å². The Morgan fingerprint density at radius 2 is 1.63 bits per heavy atom. The first-order valence-corrected chi connectivity index (χ1v) is 8.06. The maximum atomic E-state index is 13.1. The highest BCUT2D eigenvalue weighted by molar-refractivity contribution is 6.34. The van der Waals surface area contributed by atoms with Crippen molar-refractivity contribution in [3.63, 3.8) is 0 Å². The first kappa shape index (κ1) is 18.2. The number of anilines is 1. The molecule has 1 aliphatic heterocycles. The molecule has 0 aromatic heterocycles. The van der Waals surface area contributed by atoms with Gasteiger partial charge in [-0.05, 0) is 42.5 Å². The molecule has 4 amide bonds. The molecule has 0 radical (unpaired) electrons. The number of imide groups is 1. The molecule has 0 saturated heterocycles. The highest BCUT2D eigenvalue weighted by Crippen LogP contribution is 2.29. The number of likely N-dealkylation sites (N-methyl/N-ethyl adjacent to an activating group) is 1. The second kappa shape index (κ2) is 6.99. The second-order valence-corrected chi connectivity index (χ2v) is 6.15. The maximum absolute atomic E-state index is 13.1. The first-order chi connectivity index (χ1) is 12.8. The molecule has 8 heteroatoms. The van der Waals surface area contributed by atoms with Gasteiger partial charge in [-0.15, -0.1) is 0 Å². The zero-order chi connectivity index (χ0) is 19.7. The SMILES string of the molecule is CN(C)C(=O)CNC(=O)c1ccc2c(c1)C(=O)N(c1ccc(F)cc1)C2=O. The van der Waals surface area contributed by atoms with Crippen LogP contribution in [0.4, 0.5) is 10.1 Å². The van der Waals surface area contributed by atoms with E-state index in [4.69, 9.17) is 0 Å². The average Bonchev–Trinajstić information content (AvgIpc) is 2.90. The van der Waals surface area contributed by atoms with Crippen molar-refractivity contribution in [2.24, 2.45) is 0 Å². The minimum absolute atomic E-state index is 0.0795. The predicted octanol–water partition coefficient (Wildman–Crippen LogP) is 1.44. The van der Waals surface area contributed by atoms with Gasteiger partial charge >= 0.3 is 0 Å². The van der Waals surface area contributed by atoms with E-state index in [1.54, 1.807) is 14.1 Å². The molecule has 2 aromatic carbocycles. The summed E-state index contributed by atoms with van der Waals surface area (Å²) in [7, 11) is 3.14. The highest BCUT2D eigenvalue weighted by atomic mass is 19.1. The third-order valence-corrected chi connectivity index (χ3v) is 4.13. The number of nitrogens with zero attached hydrogens (tertiary/aromatic N) is 2. The Kier molecular flexibility index (Phi) is 4.72. The minimum Gasteiger partial charge on any atom is -0.347 e. The number of amides is 4. The van der Waals surface area contributed by atoms with E-state index in [0.717, 1.165) is 17.0 Å². The Morgan fingerprint density at radius 3 is 2.26 bits per heavy atom. The molecule has 1 aliphatic rings. The van der Waals surface area contributed by atoms with Gasteiger partial charge < -0.3 is 10.2 Å². The number of rotatable bonds is 4. The summed E-state index contributed by atoms with van der Waals surface area (Å²) in [5.41, 5.74) is 0.633. The number of halogens is 1. The van der Waals surface area contributed by atoms with E-state index in [2.05, 4.69) is 5.32 Å². The van der Waals surface area contributed by atoms with Gasteiger partial charge in [-0.3, -0.25) is 19.2 Å². The summed E-state index contributed by atoms with van der Waals surface area (Å²) in [6, 6.07) is 9.08. The molecule has 2 aromatic rings. The fourth-order valence-electron chi connectivity index (χ4n) is 2.62. The Balaban J connectivity index is 1.84. The molecule has 0 fully saturated rings. The molecular formula is C19H16FN3O4. The number of hydrogen-bond acceptors (Lipinski definition) is 4. The van der Waals surface area contributed by atoms with Crippen molar-refractivity contribution in [1.29, 1.82) is 0 Å². The summed E-state index contributed by atoms with van der Waals surface area (Å²) in [6.45, 7) is -0.183. The van der Waals surface area contributed by atoms with Crippen molar-refractivity contribution in [1.82, 2.24) is 10.2 Å². The standard InChI is InChI=1S/C19H16FN3O4/c1-22(2)16(24)10-21-17(25)11-3-8-14-15(9-11)19(27)23(18(14)26)13-6-4-12(20)5-7-13/h3-9H,10H2,1-2H3,(H,21,25). The van der Waals surface area contributed by atoms with E-state index >= 15 is 0 Å². The van der Waals surface area contributed by atoms with Crippen LogP contribution in [0.3, 0.4) is 0 Å². The molecule has 0 spiro atoms. The lowest BCUT2D eigenvalue weighted by atomic mass is 10.1. The second-order valence-electron chi connectivity index (χ2n) is 6.15. The van der Waals surface area contributed by atoms with Crippen LogP contribution in [-0.2, 0) is 4.79 Å². The molecule has 0 unspecified atom stereocenters. The van der Waals surface area contributed by atoms with E-state index < -0.39 is 23.5 Å². The number of hydrogen-bond donors (Lipinski definition) is 1. The van der Waals surface area contributed by atoms with Gasteiger partial charge in [0.25, 0.3) is 17.7 Å². The van der Waals surface area contributed by atoms with E-state index in [1.165, 1.54) is 35.2 Å². The highest BCUT2D eigenvalue weighted by Gasteiger charge is 2.37. The van der Waals surface area contributed by atoms with Gasteiger partial charge in [0.2, 0.25) is 5.91 Å². The number of carbonyl (C=O) groups is 4. The maximum Gasteiger partial charge on any atom is 0.266 e. The molecule has 1 N–H and O–H groups in total. The molecule has 27 heavy (non-hydrogen) atoms. The van der Waals surface area contributed by atoms with Crippen LogP contribution in [0, 0.1) is 5.82 Å². The normalized spacial score (nSPS) is 12.8. The largest absolute Gasteiger partial charge is 0.347 e. The molecule has 0 atom stereocenters. The van der Waals surface area contributed by atoms with Crippen molar-refractivity contribution in [3.8, 4) is 0 Å². The molecular weight excluding hydrogens is 353 g/mol. The summed E-state index contributed by atoms with van der Waals surface area (Å²) in [6.07, 6.45) is 0. The van der Waals surface area contributed by atoms with Gasteiger partial charge in [0.1, 0.15) is 5.82 Å². The fourth-order valence-corrected chi connectivity index (χ4v) is 2.62. The van der Waals surface area contributed by atoms with Crippen molar-refractivity contribution in [2.45, 2.75) is 0 Å². The quantitative estimate of drug-likeness (QED) is 0.827. The smallest absolute Gasteiger partial charge is 0.266 e. The van der Waals surface area contributed by atoms with Crippen LogP contribution >= 0.6 is 0 Å². The van der Waals surface area contributed by atoms with Crippen LogP contribution in [-0.4, -0.2) is 49.2 Å². The molecule has 1 heterocycles. The van der Waals surface area contributed by atoms with Crippen molar-refractivity contribution >= 4 is 29.3 Å². The molecule has 0 bridgehead atoms. The molecule has 3 rings (SSSR count). The van der Waals surface area contributed by atoms with Crippen LogP contribution in [0.25, 0.3) is 0 Å². The Labute approximate surface area is 154 Å². The number of nitrogens with one attached hydrogen (secondary N) is 1. The van der Waals surface area contributed by atoms with Gasteiger partial charge in [-0.2, -0.15) is 0 Å². The summed E-state index contributed by atoms with van der Waals surface area (Å²) < 4.78 is 13.1. The molecule has 0 aliphatic carbocycles. The zero-order valence-corrected chi connectivity index (χ0v) is 14.7. The monoisotopic (exact) mass is 369 g/mol. The van der Waals surface area contributed by atoms with Crippen LogP contribution in [0.5, 0.6) is 0 Å². The Morgan fingerprint density at radius 1 is 1.00 bits per heavy atom. The van der Waals surface area contributed by atoms with E-state index in [9.17, 15) is 23.6 Å². The van der Waals surface area contributed by atoms with E-state index in [0.29, 0.717) is 0 Å². The molecule has 0 saturated carbocycles. The van der Waals surface area contributed by atoms with Crippen LogP contribution < -0.4 is 10.2 Å². The van der Waals surface area contributed by atoms with E-state index in [-0.39, 0.29) is 34.8 Å². The minimum atomic E-state index is -0.597. The van der Waals surface area contributed by atoms with Gasteiger partial charge in [0, 0.05) is 19.7 Å². The molecule has 7 nitrogen and oxygen atoms in total. The number of carbonyl (C=O) groups excluding carboxylic acids is 4. The summed E-state index contributed by atoms with van der Waals surface area (Å²) in [4.78, 5) is 51.2. The van der Waals surface area contributed by atoms with Crippen molar-refractivity contribution < 1.29 is 23.6 Å². The molecule has 138 valence electrons. The van der Waals surface area contributed by atoms with Gasteiger partial charge in [-0.1, -0.05) is 0 Å². The Bertz CT molecular complexity index is 954. The first-order valence-electron chi connectivity index (χ1n) is 8.06. The number of fused-ring (bicyclic) bond motifs is 1. The number of benzene rings is 2. The fraction of sp³-hybridized carbons (Fsp3) is 0.158. The Hall–Kier alpha value is -3.55. The third kappa shape index (κ3) is 3.41. The zero-order valence-electron chi connectivity index (χ0n) is 14.7. The van der Waals surface area contributed by atoms with Crippen molar-refractivity contribution in [3.05, 3.63) is 65.0 Å². The topological polar surface area (TPSA) is 86.8 Å². The summed E-state index contributed by atoms with van der Waals surface area (Å²) in [5, 5.41) is 2.46. The van der Waals surface area contributed by atoms with Crippen LogP contribution in [0.15, 0.2) is 42.5 Å². The van der Waals surface area contributed by atoms with Crippen molar-refractivity contribution in [2.75, 3.05) is 25.5 Å². The van der Waals surface area contributed by atoms with Gasteiger partial charge in [-0.25, -0.2) is 9.29 Å². The van der Waals surface area contributed by atoms with Crippen LogP contribution in [0.2, 0.25) is 0 Å². The lowest BCUT2D eigenvalue weighted by molar-refractivity contribution is -0.127. The van der Waals surface area contributed by atoms with Crippen LogP contribution in [0.1, 0.15) is 31.1 Å². The third-order valence-electron chi connectivity index (χ3n) is 4.13. The van der Waals surface area contributed by atoms with Gasteiger partial charge in [0.15, 0.2) is 0 Å². The lowest BCUT2D eigenvalue weighted by Gasteiger charge is -2.13. The average molecular weight is 369 g/mol. The lowest BCUT2D eigenvalue weighted by Crippen LogP contribution is -2.36.